The Bertz CT molecular complexity index is 738. The minimum absolute atomic E-state index is 0.0231. The third kappa shape index (κ3) is 7.17. The Morgan fingerprint density at radius 2 is 1.93 bits per heavy atom. The number of nitrogens with zero attached hydrogens (tertiary/aromatic N) is 2. The maximum atomic E-state index is 12.5. The lowest BCUT2D eigenvalue weighted by molar-refractivity contribution is -0.152. The quantitative estimate of drug-likeness (QED) is 0.485. The molecule has 1 fully saturated rings. The molecule has 1 aromatic rings. The van der Waals surface area contributed by atoms with E-state index in [2.05, 4.69) is 5.32 Å². The zero-order valence-electron chi connectivity index (χ0n) is 17.8. The standard InChI is InChI=1S/C22H31N3O5/c1-3-30-22(29)18-11-8-14-25(15-18)20(27)16-24(2)19(26)12-7-13-23-21(28)17-9-5-4-6-10-17/h4-6,9-10,18H,3,7-8,11-16H2,1-2H3,(H,23,28). The zero-order valence-corrected chi connectivity index (χ0v) is 17.8. The van der Waals surface area contributed by atoms with E-state index in [4.69, 9.17) is 4.74 Å². The average molecular weight is 418 g/mol. The second-order valence-corrected chi connectivity index (χ2v) is 7.41. The zero-order chi connectivity index (χ0) is 21.9. The first-order valence-corrected chi connectivity index (χ1v) is 10.4. The molecule has 8 heteroatoms. The summed E-state index contributed by atoms with van der Waals surface area (Å²) >= 11 is 0. The molecule has 0 radical (unpaired) electrons. The van der Waals surface area contributed by atoms with E-state index in [1.54, 1.807) is 43.1 Å². The highest BCUT2D eigenvalue weighted by molar-refractivity contribution is 5.94. The second-order valence-electron chi connectivity index (χ2n) is 7.41. The van der Waals surface area contributed by atoms with Crippen molar-refractivity contribution in [3.63, 3.8) is 0 Å². The molecule has 1 atom stereocenters. The number of rotatable bonds is 9. The Balaban J connectivity index is 1.69. The molecule has 1 aliphatic rings. The summed E-state index contributed by atoms with van der Waals surface area (Å²) in [6.45, 7) is 3.37. The van der Waals surface area contributed by atoms with Crippen molar-refractivity contribution in [1.29, 1.82) is 0 Å². The van der Waals surface area contributed by atoms with Gasteiger partial charge in [0.05, 0.1) is 19.1 Å². The van der Waals surface area contributed by atoms with Gasteiger partial charge in [-0.15, -0.1) is 0 Å². The van der Waals surface area contributed by atoms with Gasteiger partial charge in [-0.05, 0) is 38.3 Å². The predicted octanol–water partition coefficient (Wildman–Crippen LogP) is 1.46. The van der Waals surface area contributed by atoms with Gasteiger partial charge in [-0.2, -0.15) is 0 Å². The first-order valence-electron chi connectivity index (χ1n) is 10.4. The lowest BCUT2D eigenvalue weighted by Crippen LogP contribution is -2.47. The largest absolute Gasteiger partial charge is 0.466 e. The van der Waals surface area contributed by atoms with Crippen molar-refractivity contribution in [2.75, 3.05) is 39.8 Å². The fraction of sp³-hybridized carbons (Fsp3) is 0.545. The molecule has 30 heavy (non-hydrogen) atoms. The van der Waals surface area contributed by atoms with E-state index in [0.29, 0.717) is 44.6 Å². The van der Waals surface area contributed by atoms with Crippen LogP contribution in [0.4, 0.5) is 0 Å². The third-order valence-electron chi connectivity index (χ3n) is 5.08. The first-order chi connectivity index (χ1) is 14.4. The van der Waals surface area contributed by atoms with E-state index in [0.717, 1.165) is 6.42 Å². The summed E-state index contributed by atoms with van der Waals surface area (Å²) in [6, 6.07) is 8.89. The van der Waals surface area contributed by atoms with E-state index in [1.165, 1.54) is 4.90 Å². The molecule has 1 aliphatic heterocycles. The van der Waals surface area contributed by atoms with Gasteiger partial charge in [-0.25, -0.2) is 0 Å². The Labute approximate surface area is 177 Å². The lowest BCUT2D eigenvalue weighted by atomic mass is 9.98. The van der Waals surface area contributed by atoms with Crippen LogP contribution in [0.25, 0.3) is 0 Å². The highest BCUT2D eigenvalue weighted by Gasteiger charge is 2.30. The van der Waals surface area contributed by atoms with Gasteiger partial charge < -0.3 is 19.9 Å². The van der Waals surface area contributed by atoms with Crippen molar-refractivity contribution in [2.24, 2.45) is 5.92 Å². The van der Waals surface area contributed by atoms with Crippen LogP contribution in [-0.4, -0.2) is 73.3 Å². The van der Waals surface area contributed by atoms with Gasteiger partial charge in [-0.1, -0.05) is 18.2 Å². The molecule has 0 aromatic heterocycles. The number of nitrogens with one attached hydrogen (secondary N) is 1. The topological polar surface area (TPSA) is 96.0 Å². The molecular formula is C22H31N3O5. The van der Waals surface area contributed by atoms with Gasteiger partial charge in [0, 0.05) is 38.7 Å². The molecule has 0 saturated carbocycles. The van der Waals surface area contributed by atoms with Crippen LogP contribution in [0, 0.1) is 5.92 Å². The van der Waals surface area contributed by atoms with Crippen LogP contribution in [0.5, 0.6) is 0 Å². The van der Waals surface area contributed by atoms with Crippen LogP contribution in [-0.2, 0) is 19.1 Å². The number of amides is 3. The van der Waals surface area contributed by atoms with E-state index < -0.39 is 0 Å². The molecule has 1 aromatic carbocycles. The van der Waals surface area contributed by atoms with Gasteiger partial charge in [0.15, 0.2) is 0 Å². The fourth-order valence-corrected chi connectivity index (χ4v) is 3.37. The summed E-state index contributed by atoms with van der Waals surface area (Å²) in [5.74, 6) is -1.06. The molecule has 0 aliphatic carbocycles. The van der Waals surface area contributed by atoms with Gasteiger partial charge in [0.2, 0.25) is 11.8 Å². The molecule has 0 spiro atoms. The average Bonchev–Trinajstić information content (AvgIpc) is 2.77. The van der Waals surface area contributed by atoms with Gasteiger partial charge >= 0.3 is 5.97 Å². The first kappa shape index (κ1) is 23.4. The molecule has 1 saturated heterocycles. The van der Waals surface area contributed by atoms with E-state index in [-0.39, 0.29) is 42.6 Å². The summed E-state index contributed by atoms with van der Waals surface area (Å²) < 4.78 is 5.06. The second kappa shape index (κ2) is 11.9. The number of carbonyl (C=O) groups is 4. The maximum Gasteiger partial charge on any atom is 0.310 e. The van der Waals surface area contributed by atoms with Crippen molar-refractivity contribution >= 4 is 23.7 Å². The van der Waals surface area contributed by atoms with Crippen molar-refractivity contribution in [1.82, 2.24) is 15.1 Å². The molecule has 1 N–H and O–H groups in total. The summed E-state index contributed by atoms with van der Waals surface area (Å²) in [5, 5.41) is 2.78. The smallest absolute Gasteiger partial charge is 0.310 e. The fourth-order valence-electron chi connectivity index (χ4n) is 3.37. The van der Waals surface area contributed by atoms with Crippen LogP contribution in [0.1, 0.15) is 43.0 Å². The molecule has 3 amide bonds. The summed E-state index contributed by atoms with van der Waals surface area (Å²) in [4.78, 5) is 51.8. The van der Waals surface area contributed by atoms with Crippen molar-refractivity contribution in [2.45, 2.75) is 32.6 Å². The van der Waals surface area contributed by atoms with Crippen LogP contribution in [0.2, 0.25) is 0 Å². The van der Waals surface area contributed by atoms with Crippen molar-refractivity contribution < 1.29 is 23.9 Å². The number of hydrogen-bond donors (Lipinski definition) is 1. The summed E-state index contributed by atoms with van der Waals surface area (Å²) in [7, 11) is 1.59. The van der Waals surface area contributed by atoms with Crippen LogP contribution in [0.15, 0.2) is 30.3 Å². The molecule has 8 nitrogen and oxygen atoms in total. The Kier molecular flexibility index (Phi) is 9.31. The number of carbonyl (C=O) groups excluding carboxylic acids is 4. The third-order valence-corrected chi connectivity index (χ3v) is 5.08. The number of esters is 1. The van der Waals surface area contributed by atoms with Gasteiger partial charge in [0.25, 0.3) is 5.91 Å². The molecule has 0 bridgehead atoms. The maximum absolute atomic E-state index is 12.5. The number of benzene rings is 1. The van der Waals surface area contributed by atoms with Crippen LogP contribution >= 0.6 is 0 Å². The lowest BCUT2D eigenvalue weighted by Gasteiger charge is -2.32. The number of piperidine rings is 1. The Morgan fingerprint density at radius 1 is 1.20 bits per heavy atom. The minimum atomic E-state index is -0.295. The summed E-state index contributed by atoms with van der Waals surface area (Å²) in [5.41, 5.74) is 0.578. The normalized spacial score (nSPS) is 15.9. The SMILES string of the molecule is CCOC(=O)C1CCCN(C(=O)CN(C)C(=O)CCCNC(=O)c2ccccc2)C1. The Morgan fingerprint density at radius 3 is 2.63 bits per heavy atom. The van der Waals surface area contributed by atoms with Gasteiger partial charge in [-0.3, -0.25) is 19.2 Å². The number of likely N-dealkylation sites (N-methyl/N-ethyl adjacent to an activating group) is 1. The number of hydrogen-bond acceptors (Lipinski definition) is 5. The van der Waals surface area contributed by atoms with E-state index >= 15 is 0 Å². The van der Waals surface area contributed by atoms with E-state index in [1.807, 2.05) is 6.07 Å². The van der Waals surface area contributed by atoms with Crippen LogP contribution in [0.3, 0.4) is 0 Å². The van der Waals surface area contributed by atoms with E-state index in [9.17, 15) is 19.2 Å². The highest BCUT2D eigenvalue weighted by Crippen LogP contribution is 2.18. The van der Waals surface area contributed by atoms with Crippen LogP contribution < -0.4 is 5.32 Å². The van der Waals surface area contributed by atoms with Crippen molar-refractivity contribution in [3.8, 4) is 0 Å². The van der Waals surface area contributed by atoms with Gasteiger partial charge in [0.1, 0.15) is 0 Å². The Hall–Kier alpha value is -2.90. The molecule has 164 valence electrons. The number of ether oxygens (including phenoxy) is 1. The molecule has 1 heterocycles. The molecule has 1 unspecified atom stereocenters. The van der Waals surface area contributed by atoms with Crippen molar-refractivity contribution in [3.05, 3.63) is 35.9 Å². The highest BCUT2D eigenvalue weighted by atomic mass is 16.5. The minimum Gasteiger partial charge on any atom is -0.466 e. The molecule has 2 rings (SSSR count). The summed E-state index contributed by atoms with van der Waals surface area (Å²) in [6.07, 6.45) is 2.19. The molecular weight excluding hydrogens is 386 g/mol. The predicted molar refractivity (Wildman–Crippen MR) is 112 cm³/mol. The monoisotopic (exact) mass is 417 g/mol. The number of likely N-dealkylation sites (tertiary alicyclic amines) is 1.